The van der Waals surface area contributed by atoms with Crippen LogP contribution in [0.2, 0.25) is 0 Å². The molecule has 2 rings (SSSR count). The molecule has 0 aliphatic rings. The van der Waals surface area contributed by atoms with Crippen LogP contribution in [0.5, 0.6) is 5.75 Å². The summed E-state index contributed by atoms with van der Waals surface area (Å²) in [6, 6.07) is 10.4. The summed E-state index contributed by atoms with van der Waals surface area (Å²) in [5.41, 5.74) is 2.59. The molecular weight excluding hydrogens is 445 g/mol. The highest BCUT2D eigenvalue weighted by Crippen LogP contribution is 2.18. The summed E-state index contributed by atoms with van der Waals surface area (Å²) in [6.45, 7) is 6.60. The molecule has 0 saturated carbocycles. The lowest BCUT2D eigenvalue weighted by molar-refractivity contribution is 0.336. The van der Waals surface area contributed by atoms with Crippen LogP contribution in [0.25, 0.3) is 0 Å². The standard InChI is InChI=1S/C19H27N3OS.HI/c1-4-23-18-8-6-5-7-16(18)9-11-21-19(20-3)22-13-15(2)17-10-12-24-14-17;/h5-8,10,12,14-15H,4,9,11,13H2,1-3H3,(H2,20,21,22);1H. The number of nitrogens with zero attached hydrogens (tertiary/aromatic N) is 1. The second kappa shape index (κ2) is 12.1. The van der Waals surface area contributed by atoms with E-state index < -0.39 is 0 Å². The lowest BCUT2D eigenvalue weighted by Gasteiger charge is -2.16. The first kappa shape index (κ1) is 21.8. The van der Waals surface area contributed by atoms with Crippen molar-refractivity contribution in [3.05, 3.63) is 52.2 Å². The van der Waals surface area contributed by atoms with E-state index in [0.29, 0.717) is 12.5 Å². The van der Waals surface area contributed by atoms with E-state index in [-0.39, 0.29) is 24.0 Å². The minimum absolute atomic E-state index is 0. The summed E-state index contributed by atoms with van der Waals surface area (Å²) in [5.74, 6) is 2.27. The number of benzene rings is 1. The Morgan fingerprint density at radius 3 is 2.72 bits per heavy atom. The summed E-state index contributed by atoms with van der Waals surface area (Å²) in [6.07, 6.45) is 0.900. The third kappa shape index (κ3) is 7.23. The summed E-state index contributed by atoms with van der Waals surface area (Å²) in [5, 5.41) is 11.1. The second-order valence-electron chi connectivity index (χ2n) is 5.63. The van der Waals surface area contributed by atoms with E-state index in [4.69, 9.17) is 4.74 Å². The lowest BCUT2D eigenvalue weighted by Crippen LogP contribution is -2.39. The number of rotatable bonds is 8. The zero-order valence-electron chi connectivity index (χ0n) is 15.1. The molecule has 25 heavy (non-hydrogen) atoms. The number of nitrogens with one attached hydrogen (secondary N) is 2. The van der Waals surface area contributed by atoms with Gasteiger partial charge in [-0.05, 0) is 53.3 Å². The van der Waals surface area contributed by atoms with Gasteiger partial charge in [0.05, 0.1) is 6.61 Å². The van der Waals surface area contributed by atoms with Gasteiger partial charge in [0.1, 0.15) is 5.75 Å². The van der Waals surface area contributed by atoms with E-state index in [1.807, 2.05) is 25.1 Å². The molecule has 0 saturated heterocycles. The Hall–Kier alpha value is -1.28. The van der Waals surface area contributed by atoms with Gasteiger partial charge in [0, 0.05) is 20.1 Å². The van der Waals surface area contributed by atoms with Crippen LogP contribution in [-0.4, -0.2) is 32.7 Å². The minimum Gasteiger partial charge on any atom is -0.494 e. The maximum absolute atomic E-state index is 5.67. The molecule has 1 atom stereocenters. The Kier molecular flexibility index (Phi) is 10.6. The molecule has 1 aromatic heterocycles. The highest BCUT2D eigenvalue weighted by Gasteiger charge is 2.07. The Bertz CT molecular complexity index is 631. The van der Waals surface area contributed by atoms with Gasteiger partial charge in [-0.2, -0.15) is 11.3 Å². The van der Waals surface area contributed by atoms with Crippen molar-refractivity contribution in [2.24, 2.45) is 4.99 Å². The molecule has 1 heterocycles. The predicted octanol–water partition coefficient (Wildman–Crippen LogP) is 4.28. The molecule has 0 fully saturated rings. The van der Waals surface area contributed by atoms with E-state index in [1.54, 1.807) is 18.4 Å². The lowest BCUT2D eigenvalue weighted by atomic mass is 10.1. The molecule has 138 valence electrons. The van der Waals surface area contributed by atoms with Crippen molar-refractivity contribution in [1.29, 1.82) is 0 Å². The first-order chi connectivity index (χ1) is 11.7. The topological polar surface area (TPSA) is 45.6 Å². The molecule has 2 aromatic rings. The molecule has 4 nitrogen and oxygen atoms in total. The molecule has 2 N–H and O–H groups in total. The van der Waals surface area contributed by atoms with Crippen LogP contribution in [0.1, 0.15) is 30.9 Å². The maximum Gasteiger partial charge on any atom is 0.191 e. The number of para-hydroxylation sites is 1. The van der Waals surface area contributed by atoms with Gasteiger partial charge in [0.25, 0.3) is 0 Å². The first-order valence-corrected chi connectivity index (χ1v) is 9.36. The number of hydrogen-bond donors (Lipinski definition) is 2. The number of thiophene rings is 1. The molecule has 1 aromatic carbocycles. The number of halogens is 1. The van der Waals surface area contributed by atoms with Crippen LogP contribution >= 0.6 is 35.3 Å². The highest BCUT2D eigenvalue weighted by atomic mass is 127. The van der Waals surface area contributed by atoms with Gasteiger partial charge in [-0.15, -0.1) is 24.0 Å². The SMILES string of the molecule is CCOc1ccccc1CCNC(=NC)NCC(C)c1ccsc1.I. The van der Waals surface area contributed by atoms with Crippen LogP contribution in [0.15, 0.2) is 46.1 Å². The van der Waals surface area contributed by atoms with Crippen molar-refractivity contribution in [3.63, 3.8) is 0 Å². The second-order valence-corrected chi connectivity index (χ2v) is 6.41. The smallest absolute Gasteiger partial charge is 0.191 e. The zero-order valence-corrected chi connectivity index (χ0v) is 18.3. The fraction of sp³-hybridized carbons (Fsp3) is 0.421. The zero-order chi connectivity index (χ0) is 17.2. The van der Waals surface area contributed by atoms with Crippen molar-refractivity contribution in [3.8, 4) is 5.75 Å². The third-order valence-corrected chi connectivity index (χ3v) is 4.57. The van der Waals surface area contributed by atoms with Crippen LogP contribution in [0.3, 0.4) is 0 Å². The van der Waals surface area contributed by atoms with Gasteiger partial charge in [0.2, 0.25) is 0 Å². The monoisotopic (exact) mass is 473 g/mol. The van der Waals surface area contributed by atoms with E-state index in [1.165, 1.54) is 11.1 Å². The van der Waals surface area contributed by atoms with Crippen LogP contribution in [0.4, 0.5) is 0 Å². The maximum atomic E-state index is 5.67. The Labute approximate surface area is 172 Å². The summed E-state index contributed by atoms with van der Waals surface area (Å²) in [7, 11) is 1.80. The van der Waals surface area contributed by atoms with Crippen molar-refractivity contribution < 1.29 is 4.74 Å². The van der Waals surface area contributed by atoms with E-state index >= 15 is 0 Å². The fourth-order valence-electron chi connectivity index (χ4n) is 2.47. The molecule has 0 bridgehead atoms. The molecule has 6 heteroatoms. The highest BCUT2D eigenvalue weighted by molar-refractivity contribution is 14.0. The minimum atomic E-state index is 0. The van der Waals surface area contributed by atoms with Gasteiger partial charge in [0.15, 0.2) is 5.96 Å². The van der Waals surface area contributed by atoms with Gasteiger partial charge in [-0.1, -0.05) is 25.1 Å². The molecule has 0 aliphatic carbocycles. The Balaban J connectivity index is 0.00000312. The number of guanidine groups is 1. The Morgan fingerprint density at radius 1 is 1.24 bits per heavy atom. The number of hydrogen-bond acceptors (Lipinski definition) is 3. The molecule has 0 aliphatic heterocycles. The van der Waals surface area contributed by atoms with E-state index in [9.17, 15) is 0 Å². The van der Waals surface area contributed by atoms with E-state index in [2.05, 4.69) is 45.4 Å². The molecule has 0 radical (unpaired) electrons. The van der Waals surface area contributed by atoms with Crippen molar-refractivity contribution >= 4 is 41.3 Å². The van der Waals surface area contributed by atoms with Gasteiger partial charge >= 0.3 is 0 Å². The van der Waals surface area contributed by atoms with Crippen molar-refractivity contribution in [2.75, 3.05) is 26.7 Å². The first-order valence-electron chi connectivity index (χ1n) is 8.42. The molecule has 0 amide bonds. The van der Waals surface area contributed by atoms with Crippen molar-refractivity contribution in [1.82, 2.24) is 10.6 Å². The predicted molar refractivity (Wildman–Crippen MR) is 119 cm³/mol. The van der Waals surface area contributed by atoms with E-state index in [0.717, 1.165) is 31.2 Å². The summed E-state index contributed by atoms with van der Waals surface area (Å²) in [4.78, 5) is 4.30. The number of ether oxygens (including phenoxy) is 1. The quantitative estimate of drug-likeness (QED) is 0.342. The fourth-order valence-corrected chi connectivity index (χ4v) is 3.25. The summed E-state index contributed by atoms with van der Waals surface area (Å²) < 4.78 is 5.67. The average molecular weight is 473 g/mol. The average Bonchev–Trinajstić information content (AvgIpc) is 3.14. The van der Waals surface area contributed by atoms with Gasteiger partial charge in [-0.3, -0.25) is 4.99 Å². The molecule has 0 spiro atoms. The van der Waals surface area contributed by atoms with Gasteiger partial charge < -0.3 is 15.4 Å². The number of aliphatic imine (C=N–C) groups is 1. The molecule has 1 unspecified atom stereocenters. The van der Waals surface area contributed by atoms with Crippen LogP contribution < -0.4 is 15.4 Å². The van der Waals surface area contributed by atoms with Crippen LogP contribution in [-0.2, 0) is 6.42 Å². The summed E-state index contributed by atoms with van der Waals surface area (Å²) >= 11 is 1.74. The van der Waals surface area contributed by atoms with Crippen molar-refractivity contribution in [2.45, 2.75) is 26.2 Å². The normalized spacial score (nSPS) is 12.2. The largest absolute Gasteiger partial charge is 0.494 e. The third-order valence-electron chi connectivity index (χ3n) is 3.87. The Morgan fingerprint density at radius 2 is 2.04 bits per heavy atom. The molecular formula is C19H28IN3OS. The van der Waals surface area contributed by atoms with Crippen LogP contribution in [0, 0.1) is 0 Å². The van der Waals surface area contributed by atoms with Gasteiger partial charge in [-0.25, -0.2) is 0 Å².